The average Bonchev–Trinajstić information content (AvgIpc) is 1.68. The van der Waals surface area contributed by atoms with Gasteiger partial charge in [-0.15, -0.1) is 0 Å². The molecule has 17 nitrogen and oxygen atoms in total. The topological polar surface area (TPSA) is 157 Å². The largest absolute Gasteiger partial charge is 0.497 e. The molecule has 0 amide bonds. The summed E-state index contributed by atoms with van der Waals surface area (Å²) in [7, 11) is 1.63. The van der Waals surface area contributed by atoms with Crippen LogP contribution in [0.15, 0.2) is 294 Å². The van der Waals surface area contributed by atoms with E-state index >= 15 is 0 Å². The standard InChI is InChI=1S/C24H24O4.C24H32O2.C20H26O2.C19H22O4.C19H26O2.C18H20O3/c1-3-20-9-11-23(12-10-20)27-19(2)25-17-18-26-21-13-15-24(16-14-21)28-22-7-5-4-6-8-22;1-3-16-4-8-21(9-5-16)26-15(2)25-11-10-17-12-20-14-22(17)24-19-7-6-18(13-19)23(20)24;1-3-15-4-6-19(7-5-15)21-14(2)22-20-11-16-8-17(12-20)10-18(9-16)13-20;1-4-16-5-7-19(8-6-16)23-15(2)21-13-14-22-18-11-9-17(20-3)10-12-18;1-3-15-5-8-19(9-6-15)21-14(2)20-11-10-18-13-16-4-7-17(18)12-16;1-3-16-9-11-18(12-10-16)21-15(2)19-13-14-20-17-7-5-4-6-8-17/h3-16,19H,1,17-18H2,2H3;3-5,8-9,15,17-20,22-24H,1,6-7,10-14H2,2H3;3-7,14,16-18H,1,8-13H2,2H3;4-12,15H,1,13-14H2,2-3H3;3,5-6,8-9,14,16-18H,1,4,7,10-13H2,2H3;3-12,15H,1,13-14H2,2H3. The quantitative estimate of drug-likeness (QED) is 0.0201. The molecular formula is C124H150O17. The fourth-order valence-electron chi connectivity index (χ4n) is 23.0. The number of rotatable bonds is 46. The van der Waals surface area contributed by atoms with E-state index in [9.17, 15) is 0 Å². The highest BCUT2D eigenvalue weighted by Crippen LogP contribution is 2.69. The van der Waals surface area contributed by atoms with Gasteiger partial charge in [-0.25, -0.2) is 0 Å². The summed E-state index contributed by atoms with van der Waals surface area (Å²) in [6.45, 7) is 38.5. The zero-order valence-corrected chi connectivity index (χ0v) is 84.0. The predicted octanol–water partition coefficient (Wildman–Crippen LogP) is 30.0. The molecule has 10 aliphatic rings. The lowest BCUT2D eigenvalue weighted by Gasteiger charge is -2.56. The van der Waals surface area contributed by atoms with Crippen molar-refractivity contribution >= 4 is 36.5 Å². The molecule has 16 atom stereocenters. The van der Waals surface area contributed by atoms with E-state index in [4.69, 9.17) is 80.5 Å². The van der Waals surface area contributed by atoms with E-state index in [1.807, 2.05) is 315 Å². The van der Waals surface area contributed by atoms with Crippen LogP contribution in [-0.2, 0) is 28.4 Å². The SMILES string of the molecule is C=Cc1ccc(OC(C)OC23CC4CC(CC(C4)C2)C3)cc1.C=Cc1ccc(OC(C)OCCC2CC3CC2C2C4CCC(C4)C32)cc1.C=Cc1ccc(OC(C)OCCC2CC3CCC2C3)cc1.C=Cc1ccc(OC(C)OCCOc2ccc(OC)cc2)cc1.C=Cc1ccc(OC(C)OCCOc2ccc(Oc3ccccc3)cc2)cc1.C=Cc1ccc(OC(C)OCCOc2ccccc2)cc1. The molecule has 17 heteroatoms. The first-order valence-corrected chi connectivity index (χ1v) is 51.3. The minimum atomic E-state index is -0.361. The highest BCUT2D eigenvalue weighted by atomic mass is 16.7. The molecule has 748 valence electrons. The number of ether oxygens (including phenoxy) is 17. The van der Waals surface area contributed by atoms with Crippen molar-refractivity contribution in [1.82, 2.24) is 0 Å². The van der Waals surface area contributed by atoms with Gasteiger partial charge < -0.3 is 80.5 Å². The summed E-state index contributed by atoms with van der Waals surface area (Å²) in [5.41, 5.74) is 6.60. The number of hydrogen-bond acceptors (Lipinski definition) is 17. The van der Waals surface area contributed by atoms with Crippen molar-refractivity contribution < 1.29 is 80.5 Å². The Morgan fingerprint density at radius 3 is 0.915 bits per heavy atom. The van der Waals surface area contributed by atoms with Gasteiger partial charge in [0.05, 0.1) is 45.7 Å². The Hall–Kier alpha value is -11.8. The molecule has 10 fully saturated rings. The molecule has 10 saturated carbocycles. The summed E-state index contributed by atoms with van der Waals surface area (Å²) in [4.78, 5) is 0. The van der Waals surface area contributed by atoms with Gasteiger partial charge in [-0.05, 0) is 400 Å². The lowest BCUT2D eigenvalue weighted by Crippen LogP contribution is -2.53. The van der Waals surface area contributed by atoms with Crippen LogP contribution in [0.1, 0.15) is 184 Å². The van der Waals surface area contributed by atoms with Crippen LogP contribution in [0.25, 0.3) is 36.5 Å². The van der Waals surface area contributed by atoms with Crippen molar-refractivity contribution in [3.8, 4) is 69.0 Å². The normalized spacial score (nSPS) is 23.4. The second-order valence-electron chi connectivity index (χ2n) is 38.9. The predicted molar refractivity (Wildman–Crippen MR) is 566 cm³/mol. The third kappa shape index (κ3) is 32.9. The maximum Gasteiger partial charge on any atom is 0.197 e. The first-order chi connectivity index (χ1) is 68.8. The molecule has 10 aromatic carbocycles. The van der Waals surface area contributed by atoms with Crippen LogP contribution in [0.5, 0.6) is 69.0 Å². The summed E-state index contributed by atoms with van der Waals surface area (Å²) in [5.74, 6) is 22.7. The van der Waals surface area contributed by atoms with Crippen molar-refractivity contribution in [2.75, 3.05) is 60.0 Å². The molecule has 10 bridgehead atoms. The van der Waals surface area contributed by atoms with Gasteiger partial charge in [-0.3, -0.25) is 0 Å². The van der Waals surface area contributed by atoms with Gasteiger partial charge in [-0.2, -0.15) is 0 Å². The van der Waals surface area contributed by atoms with Gasteiger partial charge in [0.25, 0.3) is 0 Å². The summed E-state index contributed by atoms with van der Waals surface area (Å²) >= 11 is 0. The van der Waals surface area contributed by atoms with Gasteiger partial charge in [0.15, 0.2) is 37.7 Å². The van der Waals surface area contributed by atoms with Gasteiger partial charge in [0.1, 0.15) is 88.8 Å². The Morgan fingerprint density at radius 2 is 0.567 bits per heavy atom. The highest BCUT2D eigenvalue weighted by Gasteiger charge is 2.62. The summed E-state index contributed by atoms with van der Waals surface area (Å²) < 4.78 is 97.5. The second-order valence-corrected chi connectivity index (χ2v) is 38.9. The number of benzene rings is 10. The van der Waals surface area contributed by atoms with E-state index in [0.29, 0.717) is 39.6 Å². The molecule has 10 aromatic rings. The van der Waals surface area contributed by atoms with E-state index in [-0.39, 0.29) is 43.3 Å². The van der Waals surface area contributed by atoms with Crippen molar-refractivity contribution in [1.29, 1.82) is 0 Å². The fourth-order valence-corrected chi connectivity index (χ4v) is 23.0. The number of fused-ring (bicyclic) bond motifs is 11. The Kier molecular flexibility index (Phi) is 40.5. The molecule has 141 heavy (non-hydrogen) atoms. The molecule has 0 radical (unpaired) electrons. The van der Waals surface area contributed by atoms with Crippen molar-refractivity contribution in [2.45, 2.75) is 194 Å². The molecule has 20 rings (SSSR count). The van der Waals surface area contributed by atoms with Crippen LogP contribution in [0, 0.1) is 76.9 Å². The average molecular weight is 1910 g/mol. The van der Waals surface area contributed by atoms with E-state index in [2.05, 4.69) is 39.5 Å². The smallest absolute Gasteiger partial charge is 0.197 e. The Labute approximate surface area is 839 Å². The molecule has 0 heterocycles. The molecule has 0 saturated heterocycles. The second kappa shape index (κ2) is 54.4. The molecule has 0 N–H and O–H groups in total. The molecule has 16 unspecified atom stereocenters. The van der Waals surface area contributed by atoms with E-state index in [1.165, 1.54) is 96.3 Å². The lowest BCUT2D eigenvalue weighted by atomic mass is 9.54. The number of para-hydroxylation sites is 2. The maximum absolute atomic E-state index is 6.47. The van der Waals surface area contributed by atoms with Crippen molar-refractivity contribution in [2.24, 2.45) is 76.9 Å². The van der Waals surface area contributed by atoms with Crippen LogP contribution in [0.3, 0.4) is 0 Å². The van der Waals surface area contributed by atoms with Crippen molar-refractivity contribution in [3.63, 3.8) is 0 Å². The highest BCUT2D eigenvalue weighted by molar-refractivity contribution is 5.53. The monoisotopic (exact) mass is 1910 g/mol. The van der Waals surface area contributed by atoms with Gasteiger partial charge in [0, 0.05) is 0 Å². The van der Waals surface area contributed by atoms with Crippen LogP contribution < -0.4 is 52.1 Å². The van der Waals surface area contributed by atoms with E-state index in [1.54, 1.807) is 38.2 Å². The summed E-state index contributed by atoms with van der Waals surface area (Å²) in [6.07, 6.45) is 33.4. The Morgan fingerprint density at radius 1 is 0.262 bits per heavy atom. The number of hydrogen-bond donors (Lipinski definition) is 0. The zero-order valence-electron chi connectivity index (χ0n) is 84.0. The van der Waals surface area contributed by atoms with Crippen LogP contribution in [-0.4, -0.2) is 103 Å². The molecular weight excluding hydrogens is 1760 g/mol. The van der Waals surface area contributed by atoms with Crippen LogP contribution in [0.4, 0.5) is 0 Å². The fraction of sp³-hybridized carbons (Fsp3) is 0.419. The molecule has 0 spiro atoms. The van der Waals surface area contributed by atoms with Crippen molar-refractivity contribution in [3.05, 3.63) is 328 Å². The zero-order chi connectivity index (χ0) is 98.5. The first kappa shape index (κ1) is 105. The third-order valence-corrected chi connectivity index (χ3v) is 29.1. The van der Waals surface area contributed by atoms with Gasteiger partial charge >= 0.3 is 0 Å². The Balaban J connectivity index is 0.000000135. The van der Waals surface area contributed by atoms with Crippen LogP contribution in [0.2, 0.25) is 0 Å². The third-order valence-electron chi connectivity index (χ3n) is 29.1. The minimum Gasteiger partial charge on any atom is -0.497 e. The van der Waals surface area contributed by atoms with Gasteiger partial charge in [-0.1, -0.05) is 192 Å². The number of methoxy groups -OCH3 is 1. The molecule has 10 aliphatic carbocycles. The minimum absolute atomic E-state index is 0.106. The van der Waals surface area contributed by atoms with Crippen LogP contribution >= 0.6 is 0 Å². The molecule has 0 aliphatic heterocycles. The van der Waals surface area contributed by atoms with E-state index < -0.39 is 0 Å². The Bertz CT molecular complexity index is 5310. The van der Waals surface area contributed by atoms with E-state index in [0.717, 1.165) is 193 Å². The lowest BCUT2D eigenvalue weighted by molar-refractivity contribution is -0.225. The maximum atomic E-state index is 6.47. The molecule has 0 aromatic heterocycles. The summed E-state index contributed by atoms with van der Waals surface area (Å²) in [5, 5.41) is 0. The summed E-state index contributed by atoms with van der Waals surface area (Å²) in [6, 6.07) is 81.3. The first-order valence-electron chi connectivity index (χ1n) is 51.3. The van der Waals surface area contributed by atoms with Gasteiger partial charge in [0.2, 0.25) is 0 Å².